The molecule has 146 valence electrons. The van der Waals surface area contributed by atoms with Gasteiger partial charge in [0, 0.05) is 42.5 Å². The number of nitrogens with zero attached hydrogens (tertiary/aromatic N) is 5. The van der Waals surface area contributed by atoms with Crippen LogP contribution < -0.4 is 5.32 Å². The number of aromatic nitrogens is 5. The molecule has 7 heteroatoms. The highest BCUT2D eigenvalue weighted by Crippen LogP contribution is 2.24. The molecule has 0 atom stereocenters. The van der Waals surface area contributed by atoms with E-state index >= 15 is 0 Å². The summed E-state index contributed by atoms with van der Waals surface area (Å²) in [5.74, 6) is 0.661. The van der Waals surface area contributed by atoms with Crippen molar-refractivity contribution in [1.82, 2.24) is 29.9 Å². The van der Waals surface area contributed by atoms with Crippen LogP contribution in [-0.2, 0) is 6.42 Å². The molecule has 0 spiro atoms. The van der Waals surface area contributed by atoms with Crippen molar-refractivity contribution in [2.24, 2.45) is 0 Å². The van der Waals surface area contributed by atoms with Crippen molar-refractivity contribution in [3.05, 3.63) is 90.6 Å². The molecule has 1 aromatic carbocycles. The van der Waals surface area contributed by atoms with Crippen molar-refractivity contribution in [2.45, 2.75) is 6.42 Å². The first-order valence-corrected chi connectivity index (χ1v) is 9.66. The maximum Gasteiger partial charge on any atom is 0.252 e. The van der Waals surface area contributed by atoms with Gasteiger partial charge in [0.2, 0.25) is 0 Å². The van der Waals surface area contributed by atoms with Crippen LogP contribution in [0.15, 0.2) is 79.3 Å². The molecule has 7 nitrogen and oxygen atoms in total. The third-order valence-electron chi connectivity index (χ3n) is 4.94. The number of benzene rings is 1. The Morgan fingerprint density at radius 2 is 1.90 bits per heavy atom. The average Bonchev–Trinajstić information content (AvgIpc) is 3.22. The van der Waals surface area contributed by atoms with E-state index in [0.29, 0.717) is 18.5 Å². The first-order chi connectivity index (χ1) is 14.8. The van der Waals surface area contributed by atoms with Crippen LogP contribution in [0.2, 0.25) is 0 Å². The van der Waals surface area contributed by atoms with Crippen LogP contribution in [0.25, 0.3) is 27.8 Å². The Hall–Kier alpha value is -4.13. The number of para-hydroxylation sites is 1. The number of pyridine rings is 3. The SMILES string of the molecule is O=C(NCCc1nnc2ccccn12)c1cc(-c2cccnc2)nc2ccccc12. The Kier molecular flexibility index (Phi) is 4.61. The summed E-state index contributed by atoms with van der Waals surface area (Å²) in [4.78, 5) is 21.9. The summed E-state index contributed by atoms with van der Waals surface area (Å²) < 4.78 is 1.93. The fourth-order valence-corrected chi connectivity index (χ4v) is 3.47. The third-order valence-corrected chi connectivity index (χ3v) is 4.94. The van der Waals surface area contributed by atoms with Gasteiger partial charge in [-0.2, -0.15) is 0 Å². The maximum absolute atomic E-state index is 13.0. The van der Waals surface area contributed by atoms with Gasteiger partial charge in [0.1, 0.15) is 5.82 Å². The van der Waals surface area contributed by atoms with Crippen LogP contribution in [0.5, 0.6) is 0 Å². The largest absolute Gasteiger partial charge is 0.352 e. The minimum atomic E-state index is -0.146. The second kappa shape index (κ2) is 7.71. The number of fused-ring (bicyclic) bond motifs is 2. The van der Waals surface area contributed by atoms with E-state index < -0.39 is 0 Å². The van der Waals surface area contributed by atoms with Crippen LogP contribution in [0.1, 0.15) is 16.2 Å². The highest BCUT2D eigenvalue weighted by atomic mass is 16.1. The highest BCUT2D eigenvalue weighted by Gasteiger charge is 2.14. The number of carbonyl (C=O) groups excluding carboxylic acids is 1. The molecule has 30 heavy (non-hydrogen) atoms. The number of amides is 1. The molecule has 1 amide bonds. The van der Waals surface area contributed by atoms with Gasteiger partial charge in [0.25, 0.3) is 5.91 Å². The quantitative estimate of drug-likeness (QED) is 0.494. The van der Waals surface area contributed by atoms with E-state index in [1.807, 2.05) is 71.3 Å². The molecule has 0 bridgehead atoms. The molecular formula is C23H18N6O. The van der Waals surface area contributed by atoms with E-state index in [4.69, 9.17) is 4.98 Å². The van der Waals surface area contributed by atoms with E-state index in [1.165, 1.54) is 0 Å². The Balaban J connectivity index is 1.41. The second-order valence-corrected chi connectivity index (χ2v) is 6.86. The lowest BCUT2D eigenvalue weighted by atomic mass is 10.0. The molecule has 0 saturated carbocycles. The Bertz CT molecular complexity index is 1350. The zero-order chi connectivity index (χ0) is 20.3. The van der Waals surface area contributed by atoms with Crippen molar-refractivity contribution < 1.29 is 4.79 Å². The molecule has 0 aliphatic carbocycles. The summed E-state index contributed by atoms with van der Waals surface area (Å²) in [5.41, 5.74) is 3.74. The Labute approximate surface area is 172 Å². The highest BCUT2D eigenvalue weighted by molar-refractivity contribution is 6.07. The van der Waals surface area contributed by atoms with Crippen molar-refractivity contribution in [3.63, 3.8) is 0 Å². The molecular weight excluding hydrogens is 376 g/mol. The summed E-state index contributed by atoms with van der Waals surface area (Å²) in [6.45, 7) is 0.452. The van der Waals surface area contributed by atoms with Gasteiger partial charge in [0.15, 0.2) is 5.65 Å². The minimum absolute atomic E-state index is 0.146. The molecule has 0 fully saturated rings. The van der Waals surface area contributed by atoms with Gasteiger partial charge in [0.05, 0.1) is 16.8 Å². The lowest BCUT2D eigenvalue weighted by Gasteiger charge is -2.10. The molecule has 0 aliphatic rings. The van der Waals surface area contributed by atoms with Crippen LogP contribution in [0, 0.1) is 0 Å². The van der Waals surface area contributed by atoms with Crippen molar-refractivity contribution in [2.75, 3.05) is 6.54 Å². The molecule has 4 heterocycles. The van der Waals surface area contributed by atoms with E-state index in [1.54, 1.807) is 12.4 Å². The van der Waals surface area contributed by atoms with Crippen LogP contribution in [0.4, 0.5) is 0 Å². The molecule has 0 unspecified atom stereocenters. The van der Waals surface area contributed by atoms with Crippen LogP contribution in [0.3, 0.4) is 0 Å². The van der Waals surface area contributed by atoms with Gasteiger partial charge in [-0.25, -0.2) is 4.98 Å². The molecule has 5 rings (SSSR count). The van der Waals surface area contributed by atoms with Gasteiger partial charge in [-0.3, -0.25) is 14.2 Å². The fraction of sp³-hybridized carbons (Fsp3) is 0.0870. The number of hydrogen-bond donors (Lipinski definition) is 1. The van der Waals surface area contributed by atoms with E-state index in [9.17, 15) is 4.79 Å². The first-order valence-electron chi connectivity index (χ1n) is 9.66. The predicted octanol–water partition coefficient (Wildman–Crippen LogP) is 3.31. The van der Waals surface area contributed by atoms with Crippen molar-refractivity contribution >= 4 is 22.5 Å². The van der Waals surface area contributed by atoms with Crippen LogP contribution in [-0.4, -0.2) is 37.0 Å². The van der Waals surface area contributed by atoms with Gasteiger partial charge in [-0.1, -0.05) is 24.3 Å². The normalized spacial score (nSPS) is 11.1. The van der Waals surface area contributed by atoms with Crippen LogP contribution >= 0.6 is 0 Å². The van der Waals surface area contributed by atoms with E-state index in [-0.39, 0.29) is 5.91 Å². The monoisotopic (exact) mass is 394 g/mol. The third kappa shape index (κ3) is 3.37. The molecule has 0 aliphatic heterocycles. The lowest BCUT2D eigenvalue weighted by molar-refractivity contribution is 0.0955. The number of rotatable bonds is 5. The topological polar surface area (TPSA) is 85.1 Å². The summed E-state index contributed by atoms with van der Waals surface area (Å²) in [5, 5.41) is 12.2. The van der Waals surface area contributed by atoms with Crippen molar-refractivity contribution in [3.8, 4) is 11.3 Å². The van der Waals surface area contributed by atoms with Gasteiger partial charge >= 0.3 is 0 Å². The Morgan fingerprint density at radius 3 is 2.80 bits per heavy atom. The van der Waals surface area contributed by atoms with Gasteiger partial charge in [-0.05, 0) is 36.4 Å². The van der Waals surface area contributed by atoms with Gasteiger partial charge in [-0.15, -0.1) is 10.2 Å². The average molecular weight is 394 g/mol. The van der Waals surface area contributed by atoms with Gasteiger partial charge < -0.3 is 5.32 Å². The molecule has 0 saturated heterocycles. The number of carbonyl (C=O) groups is 1. The zero-order valence-corrected chi connectivity index (χ0v) is 16.1. The standard InChI is InChI=1S/C23H18N6O/c30-23(25-12-10-22-28-27-21-9-3-4-13-29(21)22)18-14-20(16-6-5-11-24-15-16)26-19-8-2-1-7-17(18)19/h1-9,11,13-15H,10,12H2,(H,25,30). The number of nitrogens with one attached hydrogen (secondary N) is 1. The first kappa shape index (κ1) is 17.9. The zero-order valence-electron chi connectivity index (χ0n) is 16.1. The number of hydrogen-bond acceptors (Lipinski definition) is 5. The fourth-order valence-electron chi connectivity index (χ4n) is 3.47. The summed E-state index contributed by atoms with van der Waals surface area (Å²) in [7, 11) is 0. The molecule has 0 radical (unpaired) electrons. The predicted molar refractivity (Wildman–Crippen MR) is 114 cm³/mol. The summed E-state index contributed by atoms with van der Waals surface area (Å²) in [6.07, 6.45) is 5.96. The Morgan fingerprint density at radius 1 is 1.00 bits per heavy atom. The summed E-state index contributed by atoms with van der Waals surface area (Å²) >= 11 is 0. The molecule has 5 aromatic rings. The van der Waals surface area contributed by atoms with E-state index in [2.05, 4.69) is 20.5 Å². The van der Waals surface area contributed by atoms with Crippen molar-refractivity contribution in [1.29, 1.82) is 0 Å². The molecule has 1 N–H and O–H groups in total. The maximum atomic E-state index is 13.0. The summed E-state index contributed by atoms with van der Waals surface area (Å²) in [6, 6.07) is 19.0. The second-order valence-electron chi connectivity index (χ2n) is 6.86. The van der Waals surface area contributed by atoms with E-state index in [0.717, 1.165) is 33.6 Å². The smallest absolute Gasteiger partial charge is 0.252 e. The molecule has 4 aromatic heterocycles. The minimum Gasteiger partial charge on any atom is -0.352 e. The lowest BCUT2D eigenvalue weighted by Crippen LogP contribution is -2.26.